The maximum Gasteiger partial charge on any atom is 0.144 e. The molecule has 5 heteroatoms. The fraction of sp³-hybridized carbons (Fsp3) is 0.133. The van der Waals surface area contributed by atoms with Gasteiger partial charge in [0.15, 0.2) is 0 Å². The van der Waals surface area contributed by atoms with Gasteiger partial charge in [0, 0.05) is 18.7 Å². The van der Waals surface area contributed by atoms with E-state index < -0.39 is 0 Å². The van der Waals surface area contributed by atoms with Crippen LogP contribution in [0.2, 0.25) is 0 Å². The highest BCUT2D eigenvalue weighted by Crippen LogP contribution is 2.33. The molecule has 1 heterocycles. The number of fused-ring (bicyclic) bond motifs is 1. The summed E-state index contributed by atoms with van der Waals surface area (Å²) in [6, 6.07) is 8.75. The van der Waals surface area contributed by atoms with E-state index in [1.165, 1.54) is 24.3 Å². The summed E-state index contributed by atoms with van der Waals surface area (Å²) in [7, 11) is 0. The van der Waals surface area contributed by atoms with Crippen LogP contribution >= 0.6 is 0 Å². The first-order chi connectivity index (χ1) is 9.60. The number of aryl methyl sites for hydroxylation is 1. The Morgan fingerprint density at radius 3 is 2.65 bits per heavy atom. The molecule has 0 aliphatic heterocycles. The van der Waals surface area contributed by atoms with Crippen LogP contribution in [0.5, 0.6) is 11.5 Å². The number of halogens is 1. The Morgan fingerprint density at radius 2 is 1.95 bits per heavy atom. The first-order valence-corrected chi connectivity index (χ1v) is 6.28. The highest BCUT2D eigenvalue weighted by atomic mass is 19.1. The van der Waals surface area contributed by atoms with E-state index in [1.807, 2.05) is 11.5 Å². The number of phenols is 2. The molecule has 0 aliphatic rings. The zero-order valence-electron chi connectivity index (χ0n) is 10.8. The summed E-state index contributed by atoms with van der Waals surface area (Å²) in [5.74, 6) is 0.122. The van der Waals surface area contributed by atoms with Crippen LogP contribution in [0, 0.1) is 5.82 Å². The van der Waals surface area contributed by atoms with Gasteiger partial charge in [-0.1, -0.05) is 0 Å². The molecule has 0 saturated carbocycles. The minimum absolute atomic E-state index is 0.0172. The molecule has 0 saturated heterocycles. The Hall–Kier alpha value is -2.56. The number of aromatic hydroxyl groups is 2. The van der Waals surface area contributed by atoms with E-state index in [0.29, 0.717) is 23.4 Å². The van der Waals surface area contributed by atoms with Crippen LogP contribution in [0.1, 0.15) is 6.92 Å². The van der Waals surface area contributed by atoms with E-state index in [2.05, 4.69) is 4.98 Å². The van der Waals surface area contributed by atoms with Crippen LogP contribution in [0.15, 0.2) is 36.4 Å². The van der Waals surface area contributed by atoms with Crippen molar-refractivity contribution in [3.63, 3.8) is 0 Å². The second-order valence-corrected chi connectivity index (χ2v) is 4.51. The molecule has 2 N–H and O–H groups in total. The molecule has 0 spiro atoms. The van der Waals surface area contributed by atoms with E-state index in [-0.39, 0.29) is 17.3 Å². The van der Waals surface area contributed by atoms with Gasteiger partial charge in [-0.05, 0) is 31.2 Å². The molecule has 0 aliphatic carbocycles. The Balaban J connectivity index is 2.30. The van der Waals surface area contributed by atoms with E-state index in [9.17, 15) is 14.6 Å². The third kappa shape index (κ3) is 1.87. The fourth-order valence-electron chi connectivity index (χ4n) is 2.34. The molecule has 102 valence electrons. The second kappa shape index (κ2) is 4.52. The average molecular weight is 272 g/mol. The molecule has 0 atom stereocenters. The SMILES string of the molecule is CCn1c(-c2ccc(O)cc2O)nc2cc(F)ccc21. The Bertz CT molecular complexity index is 796. The highest BCUT2D eigenvalue weighted by Gasteiger charge is 2.15. The van der Waals surface area contributed by atoms with Crippen LogP contribution in [0.25, 0.3) is 22.4 Å². The van der Waals surface area contributed by atoms with Crippen LogP contribution in [0.4, 0.5) is 4.39 Å². The average Bonchev–Trinajstić information content (AvgIpc) is 2.75. The van der Waals surface area contributed by atoms with Crippen LogP contribution < -0.4 is 0 Å². The van der Waals surface area contributed by atoms with Crippen LogP contribution in [0.3, 0.4) is 0 Å². The first kappa shape index (κ1) is 12.5. The van der Waals surface area contributed by atoms with Crippen LogP contribution in [-0.2, 0) is 6.54 Å². The summed E-state index contributed by atoms with van der Waals surface area (Å²) >= 11 is 0. The van der Waals surface area contributed by atoms with Crippen molar-refractivity contribution in [2.24, 2.45) is 0 Å². The van der Waals surface area contributed by atoms with Crippen molar-refractivity contribution in [2.75, 3.05) is 0 Å². The number of aromatic nitrogens is 2. The summed E-state index contributed by atoms with van der Waals surface area (Å²) in [5, 5.41) is 19.3. The molecule has 20 heavy (non-hydrogen) atoms. The van der Waals surface area contributed by atoms with Crippen LogP contribution in [-0.4, -0.2) is 19.8 Å². The number of nitrogens with zero attached hydrogens (tertiary/aromatic N) is 2. The van der Waals surface area contributed by atoms with E-state index in [0.717, 1.165) is 5.52 Å². The fourth-order valence-corrected chi connectivity index (χ4v) is 2.34. The highest BCUT2D eigenvalue weighted by molar-refractivity contribution is 5.82. The van der Waals surface area contributed by atoms with Gasteiger partial charge in [-0.15, -0.1) is 0 Å². The van der Waals surface area contributed by atoms with Crippen molar-refractivity contribution in [1.82, 2.24) is 9.55 Å². The van der Waals surface area contributed by atoms with Crippen molar-refractivity contribution < 1.29 is 14.6 Å². The molecule has 0 unspecified atom stereocenters. The summed E-state index contributed by atoms with van der Waals surface area (Å²) in [5.41, 5.74) is 1.84. The van der Waals surface area contributed by atoms with Gasteiger partial charge in [0.05, 0.1) is 16.6 Å². The van der Waals surface area contributed by atoms with Crippen molar-refractivity contribution in [1.29, 1.82) is 0 Å². The van der Waals surface area contributed by atoms with Gasteiger partial charge in [-0.2, -0.15) is 0 Å². The number of hydrogen-bond donors (Lipinski definition) is 2. The Morgan fingerprint density at radius 1 is 1.15 bits per heavy atom. The maximum atomic E-state index is 13.3. The monoisotopic (exact) mass is 272 g/mol. The molecule has 4 nitrogen and oxygen atoms in total. The zero-order valence-corrected chi connectivity index (χ0v) is 10.8. The Kier molecular flexibility index (Phi) is 2.82. The lowest BCUT2D eigenvalue weighted by molar-refractivity contribution is 0.451. The lowest BCUT2D eigenvalue weighted by Crippen LogP contribution is -1.97. The smallest absolute Gasteiger partial charge is 0.144 e. The summed E-state index contributed by atoms with van der Waals surface area (Å²) in [4.78, 5) is 4.39. The third-order valence-corrected chi connectivity index (χ3v) is 3.25. The summed E-state index contributed by atoms with van der Waals surface area (Å²) < 4.78 is 15.2. The largest absolute Gasteiger partial charge is 0.508 e. The quantitative estimate of drug-likeness (QED) is 0.752. The van der Waals surface area contributed by atoms with Gasteiger partial charge >= 0.3 is 0 Å². The predicted molar refractivity (Wildman–Crippen MR) is 74.1 cm³/mol. The normalized spacial score (nSPS) is 11.1. The molecule has 2 aromatic carbocycles. The molecule has 0 fully saturated rings. The summed E-state index contributed by atoms with van der Waals surface area (Å²) in [6.07, 6.45) is 0. The van der Waals surface area contributed by atoms with Crippen molar-refractivity contribution in [3.8, 4) is 22.9 Å². The van der Waals surface area contributed by atoms with Gasteiger partial charge in [0.25, 0.3) is 0 Å². The minimum atomic E-state index is -0.347. The molecule has 0 bridgehead atoms. The lowest BCUT2D eigenvalue weighted by atomic mass is 10.2. The lowest BCUT2D eigenvalue weighted by Gasteiger charge is -2.08. The molecular formula is C15H13FN2O2. The van der Waals surface area contributed by atoms with Crippen molar-refractivity contribution in [2.45, 2.75) is 13.5 Å². The van der Waals surface area contributed by atoms with E-state index >= 15 is 0 Å². The van der Waals surface area contributed by atoms with Crippen molar-refractivity contribution in [3.05, 3.63) is 42.2 Å². The topological polar surface area (TPSA) is 58.3 Å². The standard InChI is InChI=1S/C15H13FN2O2/c1-2-18-13-6-3-9(16)7-12(13)17-15(18)11-5-4-10(19)8-14(11)20/h3-8,19-20H,2H2,1H3. The van der Waals surface area contributed by atoms with Gasteiger partial charge in [-0.25, -0.2) is 9.37 Å². The number of benzene rings is 2. The van der Waals surface area contributed by atoms with Gasteiger partial charge < -0.3 is 14.8 Å². The van der Waals surface area contributed by atoms with Crippen molar-refractivity contribution >= 4 is 11.0 Å². The first-order valence-electron chi connectivity index (χ1n) is 6.28. The molecular weight excluding hydrogens is 259 g/mol. The molecule has 1 aromatic heterocycles. The van der Waals surface area contributed by atoms with Gasteiger partial charge in [0.1, 0.15) is 23.1 Å². The Labute approximate surface area is 114 Å². The number of hydrogen-bond acceptors (Lipinski definition) is 3. The predicted octanol–water partition coefficient (Wildman–Crippen LogP) is 3.27. The zero-order chi connectivity index (χ0) is 14.3. The second-order valence-electron chi connectivity index (χ2n) is 4.51. The molecule has 0 radical (unpaired) electrons. The minimum Gasteiger partial charge on any atom is -0.508 e. The van der Waals surface area contributed by atoms with Gasteiger partial charge in [0.2, 0.25) is 0 Å². The molecule has 3 aromatic rings. The van der Waals surface area contributed by atoms with E-state index in [4.69, 9.17) is 0 Å². The number of imidazole rings is 1. The summed E-state index contributed by atoms with van der Waals surface area (Å²) in [6.45, 7) is 2.59. The number of rotatable bonds is 2. The van der Waals surface area contributed by atoms with E-state index in [1.54, 1.807) is 12.1 Å². The molecule has 3 rings (SSSR count). The molecule has 0 amide bonds. The maximum absolute atomic E-state index is 13.3. The van der Waals surface area contributed by atoms with Gasteiger partial charge in [-0.3, -0.25) is 0 Å². The third-order valence-electron chi connectivity index (χ3n) is 3.25. The number of phenolic OH excluding ortho intramolecular Hbond substituents is 2.